The van der Waals surface area contributed by atoms with Crippen molar-refractivity contribution in [1.82, 2.24) is 5.32 Å². The molecule has 0 aliphatic carbocycles. The summed E-state index contributed by atoms with van der Waals surface area (Å²) < 4.78 is 38.5. The number of carbonyl (C=O) groups is 1. The second kappa shape index (κ2) is 8.03. The lowest BCUT2D eigenvalue weighted by Crippen LogP contribution is -2.22. The lowest BCUT2D eigenvalue weighted by Gasteiger charge is -2.11. The highest BCUT2D eigenvalue weighted by Crippen LogP contribution is 2.33. The molecule has 4 rings (SSSR count). The second-order valence-corrected chi connectivity index (χ2v) is 6.98. The number of rotatable bonds is 4. The molecule has 0 bridgehead atoms. The monoisotopic (exact) mass is 405 g/mol. The molecule has 0 saturated carbocycles. The molecule has 4 aromatic carbocycles. The van der Waals surface area contributed by atoms with Gasteiger partial charge < -0.3 is 5.32 Å². The number of fused-ring (bicyclic) bond motifs is 1. The SMILES string of the molecule is O=C(NCc1ccccc1)c1ccc2c(-c3ccc(C(F)(F)F)cc3)cccc2c1. The number of alkyl halides is 3. The predicted molar refractivity (Wildman–Crippen MR) is 112 cm³/mol. The molecule has 0 unspecified atom stereocenters. The molecule has 0 aliphatic rings. The zero-order valence-electron chi connectivity index (χ0n) is 15.9. The number of halogens is 3. The average molecular weight is 405 g/mol. The van der Waals surface area contributed by atoms with Gasteiger partial charge in [-0.1, -0.05) is 66.7 Å². The molecular weight excluding hydrogens is 387 g/mol. The minimum Gasteiger partial charge on any atom is -0.348 e. The van der Waals surface area contributed by atoms with Crippen LogP contribution in [0.25, 0.3) is 21.9 Å². The molecule has 0 aliphatic heterocycles. The molecule has 1 amide bonds. The maximum Gasteiger partial charge on any atom is 0.416 e. The summed E-state index contributed by atoms with van der Waals surface area (Å²) in [4.78, 5) is 12.5. The molecule has 30 heavy (non-hydrogen) atoms. The lowest BCUT2D eigenvalue weighted by atomic mass is 9.96. The van der Waals surface area contributed by atoms with E-state index < -0.39 is 11.7 Å². The van der Waals surface area contributed by atoms with Crippen molar-refractivity contribution in [1.29, 1.82) is 0 Å². The van der Waals surface area contributed by atoms with Gasteiger partial charge in [-0.25, -0.2) is 0 Å². The van der Waals surface area contributed by atoms with Crippen LogP contribution >= 0.6 is 0 Å². The molecule has 150 valence electrons. The Bertz CT molecular complexity index is 1180. The van der Waals surface area contributed by atoms with Crippen LogP contribution in [-0.2, 0) is 12.7 Å². The van der Waals surface area contributed by atoms with Crippen LogP contribution in [0.5, 0.6) is 0 Å². The van der Waals surface area contributed by atoms with Crippen molar-refractivity contribution in [2.75, 3.05) is 0 Å². The minimum absolute atomic E-state index is 0.180. The summed E-state index contributed by atoms with van der Waals surface area (Å²) in [6, 6.07) is 25.7. The van der Waals surface area contributed by atoms with Gasteiger partial charge >= 0.3 is 6.18 Å². The third-order valence-corrected chi connectivity index (χ3v) is 4.96. The Morgan fingerprint density at radius 1 is 0.800 bits per heavy atom. The summed E-state index contributed by atoms with van der Waals surface area (Å²) in [7, 11) is 0. The first-order chi connectivity index (χ1) is 14.4. The van der Waals surface area contributed by atoms with Gasteiger partial charge in [0.05, 0.1) is 5.56 Å². The third-order valence-electron chi connectivity index (χ3n) is 4.96. The standard InChI is InChI=1S/C25H18F3NO/c26-25(27,28)21-12-9-18(10-13-21)22-8-4-7-19-15-20(11-14-23(19)22)24(30)29-16-17-5-2-1-3-6-17/h1-15H,16H2,(H,29,30). The molecule has 0 aromatic heterocycles. The van der Waals surface area contributed by atoms with E-state index in [-0.39, 0.29) is 5.91 Å². The van der Waals surface area contributed by atoms with Gasteiger partial charge in [-0.2, -0.15) is 13.2 Å². The molecule has 5 heteroatoms. The Hall–Kier alpha value is -3.60. The first-order valence-corrected chi connectivity index (χ1v) is 9.44. The fraction of sp³-hybridized carbons (Fsp3) is 0.0800. The van der Waals surface area contributed by atoms with Gasteiger partial charge in [0.25, 0.3) is 5.91 Å². The maximum absolute atomic E-state index is 12.8. The van der Waals surface area contributed by atoms with Gasteiger partial charge in [0, 0.05) is 12.1 Å². The molecule has 0 saturated heterocycles. The first kappa shape index (κ1) is 19.7. The summed E-state index contributed by atoms with van der Waals surface area (Å²) >= 11 is 0. The van der Waals surface area contributed by atoms with Gasteiger partial charge in [0.2, 0.25) is 0 Å². The number of hydrogen-bond acceptors (Lipinski definition) is 1. The van der Waals surface area contributed by atoms with Crippen LogP contribution < -0.4 is 5.32 Å². The summed E-state index contributed by atoms with van der Waals surface area (Å²) in [6.07, 6.45) is -4.36. The quantitative estimate of drug-likeness (QED) is 0.415. The van der Waals surface area contributed by atoms with Crippen molar-refractivity contribution in [2.24, 2.45) is 0 Å². The zero-order valence-corrected chi connectivity index (χ0v) is 15.9. The number of nitrogens with one attached hydrogen (secondary N) is 1. The molecule has 0 atom stereocenters. The van der Waals surface area contributed by atoms with E-state index in [1.54, 1.807) is 12.1 Å². The Morgan fingerprint density at radius 3 is 2.23 bits per heavy atom. The highest BCUT2D eigenvalue weighted by atomic mass is 19.4. The second-order valence-electron chi connectivity index (χ2n) is 6.98. The fourth-order valence-corrected chi connectivity index (χ4v) is 3.40. The van der Waals surface area contributed by atoms with E-state index in [1.807, 2.05) is 54.6 Å². The van der Waals surface area contributed by atoms with Crippen molar-refractivity contribution >= 4 is 16.7 Å². The van der Waals surface area contributed by atoms with E-state index in [1.165, 1.54) is 12.1 Å². The molecule has 0 fully saturated rings. The van der Waals surface area contributed by atoms with Crippen molar-refractivity contribution in [3.63, 3.8) is 0 Å². The summed E-state index contributed by atoms with van der Waals surface area (Å²) in [5.41, 5.74) is 2.37. The topological polar surface area (TPSA) is 29.1 Å². The van der Waals surface area contributed by atoms with Crippen LogP contribution in [0.4, 0.5) is 13.2 Å². The van der Waals surface area contributed by atoms with Crippen LogP contribution in [0.2, 0.25) is 0 Å². The molecule has 1 N–H and O–H groups in total. The Balaban J connectivity index is 1.60. The Kier molecular flexibility index (Phi) is 5.27. The van der Waals surface area contributed by atoms with Crippen LogP contribution in [0.1, 0.15) is 21.5 Å². The number of hydrogen-bond donors (Lipinski definition) is 1. The van der Waals surface area contributed by atoms with Gasteiger partial charge in [-0.15, -0.1) is 0 Å². The highest BCUT2D eigenvalue weighted by Gasteiger charge is 2.30. The lowest BCUT2D eigenvalue weighted by molar-refractivity contribution is -0.137. The maximum atomic E-state index is 12.8. The van der Waals surface area contributed by atoms with Crippen molar-refractivity contribution in [2.45, 2.75) is 12.7 Å². The normalized spacial score (nSPS) is 11.4. The van der Waals surface area contributed by atoms with Gasteiger partial charge in [0.1, 0.15) is 0 Å². The molecular formula is C25H18F3NO. The minimum atomic E-state index is -4.36. The van der Waals surface area contributed by atoms with Crippen LogP contribution in [0, 0.1) is 0 Å². The van der Waals surface area contributed by atoms with Crippen LogP contribution in [-0.4, -0.2) is 5.91 Å². The Labute approximate surface area is 172 Å². The molecule has 0 heterocycles. The van der Waals surface area contributed by atoms with Crippen molar-refractivity contribution in [3.05, 3.63) is 108 Å². The molecule has 2 nitrogen and oxygen atoms in total. The average Bonchev–Trinajstić information content (AvgIpc) is 2.77. The zero-order chi connectivity index (χ0) is 21.1. The summed E-state index contributed by atoms with van der Waals surface area (Å²) in [5, 5.41) is 4.62. The number of benzene rings is 4. The predicted octanol–water partition coefficient (Wildman–Crippen LogP) is 6.46. The van der Waals surface area contributed by atoms with Gasteiger partial charge in [-0.3, -0.25) is 4.79 Å². The van der Waals surface area contributed by atoms with Crippen LogP contribution in [0.15, 0.2) is 91.0 Å². The van der Waals surface area contributed by atoms with Crippen LogP contribution in [0.3, 0.4) is 0 Å². The summed E-state index contributed by atoms with van der Waals surface area (Å²) in [6.45, 7) is 0.434. The highest BCUT2D eigenvalue weighted by molar-refractivity contribution is 6.02. The van der Waals surface area contributed by atoms with Crippen molar-refractivity contribution < 1.29 is 18.0 Å². The number of carbonyl (C=O) groups excluding carboxylic acids is 1. The van der Waals surface area contributed by atoms with E-state index in [2.05, 4.69) is 5.32 Å². The van der Waals surface area contributed by atoms with E-state index in [0.29, 0.717) is 17.7 Å². The fourth-order valence-electron chi connectivity index (χ4n) is 3.40. The molecule has 0 radical (unpaired) electrons. The van der Waals surface area contributed by atoms with E-state index in [4.69, 9.17) is 0 Å². The first-order valence-electron chi connectivity index (χ1n) is 9.44. The summed E-state index contributed by atoms with van der Waals surface area (Å²) in [5.74, 6) is -0.180. The van der Waals surface area contributed by atoms with E-state index >= 15 is 0 Å². The third kappa shape index (κ3) is 4.20. The smallest absolute Gasteiger partial charge is 0.348 e. The molecule has 0 spiro atoms. The largest absolute Gasteiger partial charge is 0.416 e. The van der Waals surface area contributed by atoms with Crippen molar-refractivity contribution in [3.8, 4) is 11.1 Å². The van der Waals surface area contributed by atoms with Gasteiger partial charge in [-0.05, 0) is 51.7 Å². The van der Waals surface area contributed by atoms with E-state index in [0.717, 1.165) is 34.0 Å². The number of amides is 1. The molecule has 4 aromatic rings. The van der Waals surface area contributed by atoms with E-state index in [9.17, 15) is 18.0 Å². The van der Waals surface area contributed by atoms with Gasteiger partial charge in [0.15, 0.2) is 0 Å². The Morgan fingerprint density at radius 2 is 1.53 bits per heavy atom.